The molecule has 1 fully saturated rings. The highest BCUT2D eigenvalue weighted by Crippen LogP contribution is 2.26. The normalized spacial score (nSPS) is 23.3. The molecule has 1 aliphatic rings. The number of aromatic nitrogens is 5. The number of aryl methyl sites for hydroxylation is 2. The van der Waals surface area contributed by atoms with Gasteiger partial charge in [0.15, 0.2) is 0 Å². The second-order valence-electron chi connectivity index (χ2n) is 6.09. The summed E-state index contributed by atoms with van der Waals surface area (Å²) < 4.78 is 1.99. The van der Waals surface area contributed by atoms with Crippen LogP contribution >= 0.6 is 0 Å². The molecule has 2 aromatic heterocycles. The van der Waals surface area contributed by atoms with Gasteiger partial charge >= 0.3 is 0 Å². The number of nitrogens with one attached hydrogen (secondary N) is 1. The van der Waals surface area contributed by atoms with Gasteiger partial charge in [0.1, 0.15) is 0 Å². The average molecular weight is 289 g/mol. The molecule has 7 heteroatoms. The summed E-state index contributed by atoms with van der Waals surface area (Å²) in [5, 5.41) is 15.5. The van der Waals surface area contributed by atoms with Crippen molar-refractivity contribution in [1.82, 2.24) is 35.0 Å². The van der Waals surface area contributed by atoms with E-state index in [9.17, 15) is 0 Å². The SMILES string of the molecule is Cc1n[nH]c(C)c1CN1C[C@@H](N(C)C)[C@@H](n2ccnn2)C1. The minimum Gasteiger partial charge on any atom is -0.303 e. The average Bonchev–Trinajstić information content (AvgIpc) is 3.14. The third-order valence-electron chi connectivity index (χ3n) is 4.44. The first-order chi connectivity index (χ1) is 10.1. The van der Waals surface area contributed by atoms with Crippen molar-refractivity contribution in [1.29, 1.82) is 0 Å². The van der Waals surface area contributed by atoms with E-state index >= 15 is 0 Å². The van der Waals surface area contributed by atoms with E-state index in [1.807, 2.05) is 10.9 Å². The summed E-state index contributed by atoms with van der Waals surface area (Å²) in [6.07, 6.45) is 3.71. The number of H-pyrrole nitrogens is 1. The molecule has 0 spiro atoms. The smallest absolute Gasteiger partial charge is 0.0831 e. The second kappa shape index (κ2) is 5.57. The molecule has 0 aromatic carbocycles. The maximum atomic E-state index is 4.29. The highest BCUT2D eigenvalue weighted by atomic mass is 15.5. The van der Waals surface area contributed by atoms with Gasteiger partial charge in [-0.2, -0.15) is 5.10 Å². The van der Waals surface area contributed by atoms with Gasteiger partial charge in [-0.15, -0.1) is 5.10 Å². The highest BCUT2D eigenvalue weighted by molar-refractivity contribution is 5.23. The van der Waals surface area contributed by atoms with E-state index in [-0.39, 0.29) is 0 Å². The minimum absolute atomic E-state index is 0.343. The Balaban J connectivity index is 1.77. The molecule has 0 aliphatic carbocycles. The van der Waals surface area contributed by atoms with Crippen molar-refractivity contribution >= 4 is 0 Å². The lowest BCUT2D eigenvalue weighted by Crippen LogP contribution is -2.36. The Bertz CT molecular complexity index is 567. The number of aromatic amines is 1. The van der Waals surface area contributed by atoms with Crippen molar-refractivity contribution < 1.29 is 0 Å². The number of hydrogen-bond donors (Lipinski definition) is 1. The van der Waals surface area contributed by atoms with E-state index in [2.05, 4.69) is 58.3 Å². The first-order valence-electron chi connectivity index (χ1n) is 7.31. The Morgan fingerprint density at radius 1 is 1.33 bits per heavy atom. The van der Waals surface area contributed by atoms with Crippen LogP contribution in [-0.2, 0) is 6.54 Å². The first-order valence-corrected chi connectivity index (χ1v) is 7.31. The van der Waals surface area contributed by atoms with Crippen molar-refractivity contribution in [2.24, 2.45) is 0 Å². The maximum Gasteiger partial charge on any atom is 0.0831 e. The number of rotatable bonds is 4. The van der Waals surface area contributed by atoms with Gasteiger partial charge in [-0.3, -0.25) is 10.00 Å². The third kappa shape index (κ3) is 2.71. The van der Waals surface area contributed by atoms with Crippen LogP contribution < -0.4 is 0 Å². The van der Waals surface area contributed by atoms with E-state index < -0.39 is 0 Å². The Hall–Kier alpha value is -1.73. The molecule has 1 aliphatic heterocycles. The number of likely N-dealkylation sites (N-methyl/N-ethyl adjacent to an activating group) is 1. The Kier molecular flexibility index (Phi) is 3.77. The predicted octanol–water partition coefficient (Wildman–Crippen LogP) is 0.605. The molecule has 3 heterocycles. The van der Waals surface area contributed by atoms with Gasteiger partial charge in [-0.05, 0) is 27.9 Å². The Morgan fingerprint density at radius 3 is 2.71 bits per heavy atom. The van der Waals surface area contributed by atoms with Gasteiger partial charge in [0.05, 0.1) is 17.9 Å². The molecule has 2 aromatic rings. The third-order valence-corrected chi connectivity index (χ3v) is 4.44. The van der Waals surface area contributed by atoms with Gasteiger partial charge < -0.3 is 4.90 Å². The molecule has 7 nitrogen and oxygen atoms in total. The molecule has 0 unspecified atom stereocenters. The van der Waals surface area contributed by atoms with E-state index in [1.54, 1.807) is 6.20 Å². The maximum absolute atomic E-state index is 4.29. The highest BCUT2D eigenvalue weighted by Gasteiger charge is 2.36. The molecule has 0 bridgehead atoms. The van der Waals surface area contributed by atoms with Crippen LogP contribution in [0.5, 0.6) is 0 Å². The van der Waals surface area contributed by atoms with Crippen molar-refractivity contribution in [3.63, 3.8) is 0 Å². The van der Waals surface area contributed by atoms with Crippen LogP contribution in [0.3, 0.4) is 0 Å². The van der Waals surface area contributed by atoms with Crippen LogP contribution in [0, 0.1) is 13.8 Å². The lowest BCUT2D eigenvalue weighted by molar-refractivity contribution is 0.237. The molecule has 1 N–H and O–H groups in total. The quantitative estimate of drug-likeness (QED) is 0.893. The topological polar surface area (TPSA) is 65.9 Å². The van der Waals surface area contributed by atoms with E-state index in [0.29, 0.717) is 12.1 Å². The van der Waals surface area contributed by atoms with Gasteiger partial charge in [0, 0.05) is 43.1 Å². The summed E-state index contributed by atoms with van der Waals surface area (Å²) in [5.74, 6) is 0. The summed E-state index contributed by atoms with van der Waals surface area (Å²) in [7, 11) is 4.26. The molecular formula is C14H23N7. The van der Waals surface area contributed by atoms with Crippen molar-refractivity contribution in [2.45, 2.75) is 32.5 Å². The Morgan fingerprint density at radius 2 is 2.14 bits per heavy atom. The molecule has 0 radical (unpaired) electrons. The van der Waals surface area contributed by atoms with Crippen LogP contribution in [0.25, 0.3) is 0 Å². The van der Waals surface area contributed by atoms with Crippen molar-refractivity contribution in [2.75, 3.05) is 27.2 Å². The molecular weight excluding hydrogens is 266 g/mol. The second-order valence-corrected chi connectivity index (χ2v) is 6.09. The zero-order valence-corrected chi connectivity index (χ0v) is 13.1. The molecule has 0 amide bonds. The fraction of sp³-hybridized carbons (Fsp3) is 0.643. The van der Waals surface area contributed by atoms with Crippen molar-refractivity contribution in [3.05, 3.63) is 29.3 Å². The standard InChI is InChI=1S/C14H23N7/c1-10-12(11(2)17-16-10)7-20-8-13(19(3)4)14(9-20)21-6-5-15-18-21/h5-6,13-14H,7-9H2,1-4H3,(H,16,17)/t13-,14+/m1/s1. The molecule has 3 rings (SSSR count). The fourth-order valence-corrected chi connectivity index (χ4v) is 3.17. The molecule has 1 saturated heterocycles. The van der Waals surface area contributed by atoms with E-state index in [4.69, 9.17) is 0 Å². The summed E-state index contributed by atoms with van der Waals surface area (Å²) in [6.45, 7) is 7.10. The minimum atomic E-state index is 0.343. The lowest BCUT2D eigenvalue weighted by atomic mass is 10.1. The summed E-state index contributed by atoms with van der Waals surface area (Å²) in [4.78, 5) is 4.75. The van der Waals surface area contributed by atoms with Gasteiger partial charge in [-0.1, -0.05) is 5.21 Å². The molecule has 114 valence electrons. The van der Waals surface area contributed by atoms with Gasteiger partial charge in [-0.25, -0.2) is 4.68 Å². The zero-order valence-electron chi connectivity index (χ0n) is 13.1. The molecule has 0 saturated carbocycles. The monoisotopic (exact) mass is 289 g/mol. The Labute approximate surface area is 124 Å². The number of nitrogens with zero attached hydrogens (tertiary/aromatic N) is 6. The molecule has 2 atom stereocenters. The van der Waals surface area contributed by atoms with Crippen LogP contribution in [0.4, 0.5) is 0 Å². The van der Waals surface area contributed by atoms with E-state index in [0.717, 1.165) is 31.0 Å². The van der Waals surface area contributed by atoms with Gasteiger partial charge in [0.25, 0.3) is 0 Å². The van der Waals surface area contributed by atoms with Crippen LogP contribution in [-0.4, -0.2) is 68.2 Å². The van der Waals surface area contributed by atoms with Crippen molar-refractivity contribution in [3.8, 4) is 0 Å². The van der Waals surface area contributed by atoms with Gasteiger partial charge in [0.2, 0.25) is 0 Å². The lowest BCUT2D eigenvalue weighted by Gasteiger charge is -2.24. The first kappa shape index (κ1) is 14.2. The summed E-state index contributed by atoms with van der Waals surface area (Å²) >= 11 is 0. The number of hydrogen-bond acceptors (Lipinski definition) is 5. The van der Waals surface area contributed by atoms with E-state index in [1.165, 1.54) is 5.56 Å². The molecule has 21 heavy (non-hydrogen) atoms. The largest absolute Gasteiger partial charge is 0.303 e. The number of likely N-dealkylation sites (tertiary alicyclic amines) is 1. The summed E-state index contributed by atoms with van der Waals surface area (Å²) in [6, 6.07) is 0.786. The van der Waals surface area contributed by atoms with Crippen LogP contribution in [0.1, 0.15) is 23.0 Å². The predicted molar refractivity (Wildman–Crippen MR) is 79.9 cm³/mol. The zero-order chi connectivity index (χ0) is 15.0. The van der Waals surface area contributed by atoms with Crippen LogP contribution in [0.15, 0.2) is 12.4 Å². The van der Waals surface area contributed by atoms with Crippen LogP contribution in [0.2, 0.25) is 0 Å². The summed E-state index contributed by atoms with van der Waals surface area (Å²) in [5.41, 5.74) is 3.57. The fourth-order valence-electron chi connectivity index (χ4n) is 3.17.